The minimum absolute atomic E-state index is 0.0258. The van der Waals surface area contributed by atoms with Crippen LogP contribution < -0.4 is 0 Å². The Labute approximate surface area is 133 Å². The molecule has 1 aromatic carbocycles. The lowest BCUT2D eigenvalue weighted by Gasteiger charge is -2.42. The third kappa shape index (κ3) is 2.62. The van der Waals surface area contributed by atoms with Gasteiger partial charge in [0.25, 0.3) is 5.69 Å². The summed E-state index contributed by atoms with van der Waals surface area (Å²) >= 11 is 0. The van der Waals surface area contributed by atoms with Gasteiger partial charge in [0, 0.05) is 23.1 Å². The fraction of sp³-hybridized carbons (Fsp3) is 0.429. The van der Waals surface area contributed by atoms with Crippen LogP contribution in [0, 0.1) is 17.0 Å². The second-order valence-electron chi connectivity index (χ2n) is 5.85. The first kappa shape index (κ1) is 16.4. The average molecular weight is 343 g/mol. The highest BCUT2D eigenvalue weighted by molar-refractivity contribution is 5.60. The van der Waals surface area contributed by atoms with Crippen molar-refractivity contribution < 1.29 is 27.7 Å². The van der Waals surface area contributed by atoms with Crippen molar-refractivity contribution >= 4 is 5.69 Å². The maximum absolute atomic E-state index is 12.6. The molecular formula is C14H12F3N3O4. The highest BCUT2D eigenvalue weighted by atomic mass is 19.4. The van der Waals surface area contributed by atoms with Gasteiger partial charge in [-0.15, -0.1) is 0 Å². The third-order valence-corrected chi connectivity index (χ3v) is 4.15. The average Bonchev–Trinajstić information content (AvgIpc) is 2.92. The number of nitrogens with zero attached hydrogens (tertiary/aromatic N) is 3. The van der Waals surface area contributed by atoms with Crippen molar-refractivity contribution in [3.63, 3.8) is 0 Å². The Morgan fingerprint density at radius 3 is 2.67 bits per heavy atom. The summed E-state index contributed by atoms with van der Waals surface area (Å²) in [7, 11) is 0. The van der Waals surface area contributed by atoms with E-state index in [-0.39, 0.29) is 17.4 Å². The molecule has 1 fully saturated rings. The Morgan fingerprint density at radius 1 is 1.42 bits per heavy atom. The van der Waals surface area contributed by atoms with Crippen molar-refractivity contribution in [2.75, 3.05) is 0 Å². The predicted molar refractivity (Wildman–Crippen MR) is 74.1 cm³/mol. The number of aromatic nitrogens is 2. The quantitative estimate of drug-likeness (QED) is 0.678. The van der Waals surface area contributed by atoms with Crippen LogP contribution in [0.2, 0.25) is 0 Å². The van der Waals surface area contributed by atoms with Crippen LogP contribution >= 0.6 is 0 Å². The summed E-state index contributed by atoms with van der Waals surface area (Å²) in [6, 6.07) is 4.36. The van der Waals surface area contributed by atoms with E-state index in [4.69, 9.17) is 4.52 Å². The molecule has 7 nitrogen and oxygen atoms in total. The molecule has 1 N–H and O–H groups in total. The fourth-order valence-corrected chi connectivity index (χ4v) is 2.62. The fourth-order valence-electron chi connectivity index (χ4n) is 2.62. The van der Waals surface area contributed by atoms with Gasteiger partial charge < -0.3 is 9.63 Å². The molecule has 10 heteroatoms. The zero-order valence-corrected chi connectivity index (χ0v) is 12.4. The van der Waals surface area contributed by atoms with Gasteiger partial charge in [0.1, 0.15) is 0 Å². The molecule has 3 rings (SSSR count). The number of nitro groups is 1. The van der Waals surface area contributed by atoms with E-state index < -0.39 is 35.5 Å². The lowest BCUT2D eigenvalue weighted by Crippen LogP contribution is -2.54. The molecule has 0 atom stereocenters. The van der Waals surface area contributed by atoms with Crippen LogP contribution in [0.25, 0.3) is 11.4 Å². The Kier molecular flexibility index (Phi) is 3.59. The van der Waals surface area contributed by atoms with Crippen LogP contribution in [0.5, 0.6) is 0 Å². The van der Waals surface area contributed by atoms with Crippen molar-refractivity contribution in [1.29, 1.82) is 0 Å². The Balaban J connectivity index is 1.81. The van der Waals surface area contributed by atoms with E-state index in [1.54, 1.807) is 13.0 Å². The minimum Gasteiger partial charge on any atom is -0.380 e. The van der Waals surface area contributed by atoms with Gasteiger partial charge in [-0.3, -0.25) is 10.1 Å². The number of hydrogen-bond acceptors (Lipinski definition) is 6. The molecule has 0 radical (unpaired) electrons. The molecule has 128 valence electrons. The smallest absolute Gasteiger partial charge is 0.380 e. The largest absolute Gasteiger partial charge is 0.417 e. The topological polar surface area (TPSA) is 102 Å². The third-order valence-electron chi connectivity index (χ3n) is 4.15. The number of benzene rings is 1. The van der Waals surface area contributed by atoms with Crippen molar-refractivity contribution in [2.24, 2.45) is 0 Å². The van der Waals surface area contributed by atoms with Gasteiger partial charge in [-0.1, -0.05) is 17.3 Å². The molecular weight excluding hydrogens is 331 g/mol. The van der Waals surface area contributed by atoms with Crippen molar-refractivity contribution in [1.82, 2.24) is 10.1 Å². The predicted octanol–water partition coefficient (Wildman–Crippen LogP) is 3.12. The van der Waals surface area contributed by atoms with Crippen LogP contribution in [0.3, 0.4) is 0 Å². The Bertz CT molecular complexity index is 797. The molecule has 0 bridgehead atoms. The summed E-state index contributed by atoms with van der Waals surface area (Å²) in [6.07, 6.45) is -5.80. The lowest BCUT2D eigenvalue weighted by atomic mass is 9.70. The van der Waals surface area contributed by atoms with Gasteiger partial charge in [0.2, 0.25) is 11.7 Å². The van der Waals surface area contributed by atoms with Gasteiger partial charge in [0.05, 0.1) is 4.92 Å². The molecule has 0 unspecified atom stereocenters. The van der Waals surface area contributed by atoms with Crippen LogP contribution in [0.1, 0.15) is 30.2 Å². The molecule has 0 spiro atoms. The van der Waals surface area contributed by atoms with Gasteiger partial charge >= 0.3 is 6.18 Å². The lowest BCUT2D eigenvalue weighted by molar-refractivity contribution is -0.385. The molecule has 0 amide bonds. The monoisotopic (exact) mass is 343 g/mol. The summed E-state index contributed by atoms with van der Waals surface area (Å²) < 4.78 is 42.8. The highest BCUT2D eigenvalue weighted by Gasteiger charge is 2.62. The zero-order valence-electron chi connectivity index (χ0n) is 12.4. The molecule has 24 heavy (non-hydrogen) atoms. The summed E-state index contributed by atoms with van der Waals surface area (Å²) in [5, 5.41) is 24.0. The number of aryl methyl sites for hydroxylation is 1. The van der Waals surface area contributed by atoms with Crippen LogP contribution in [0.4, 0.5) is 18.9 Å². The summed E-state index contributed by atoms with van der Waals surface area (Å²) in [5.74, 6) is -0.670. The summed E-state index contributed by atoms with van der Waals surface area (Å²) in [6.45, 7) is 1.58. The second-order valence-corrected chi connectivity index (χ2v) is 5.85. The number of alkyl halides is 3. The van der Waals surface area contributed by atoms with Crippen LogP contribution in [-0.2, 0) is 0 Å². The number of halogens is 3. The molecule has 1 aromatic heterocycles. The normalized spacial score (nSPS) is 23.8. The molecule has 0 saturated heterocycles. The number of nitro benzene ring substituents is 1. The number of rotatable bonds is 3. The van der Waals surface area contributed by atoms with E-state index in [9.17, 15) is 28.4 Å². The first-order valence-corrected chi connectivity index (χ1v) is 6.99. The molecule has 1 heterocycles. The van der Waals surface area contributed by atoms with Gasteiger partial charge in [-0.2, -0.15) is 18.2 Å². The van der Waals surface area contributed by atoms with E-state index in [0.717, 1.165) is 0 Å². The van der Waals surface area contributed by atoms with Gasteiger partial charge in [-0.05, 0) is 19.8 Å². The second kappa shape index (κ2) is 5.26. The molecule has 2 aromatic rings. The van der Waals surface area contributed by atoms with E-state index in [0.29, 0.717) is 11.1 Å². The van der Waals surface area contributed by atoms with Crippen molar-refractivity contribution in [3.05, 3.63) is 39.8 Å². The summed E-state index contributed by atoms with van der Waals surface area (Å²) in [4.78, 5) is 14.4. The Morgan fingerprint density at radius 2 is 2.08 bits per heavy atom. The van der Waals surface area contributed by atoms with Crippen molar-refractivity contribution in [3.8, 4) is 11.4 Å². The molecule has 1 saturated carbocycles. The minimum atomic E-state index is -4.70. The maximum atomic E-state index is 12.6. The first-order valence-electron chi connectivity index (χ1n) is 6.99. The molecule has 0 aliphatic heterocycles. The van der Waals surface area contributed by atoms with Gasteiger partial charge in [0.15, 0.2) is 5.60 Å². The maximum Gasteiger partial charge on any atom is 0.417 e. The zero-order chi connectivity index (χ0) is 17.7. The molecule has 1 aliphatic carbocycles. The van der Waals surface area contributed by atoms with E-state index in [2.05, 4.69) is 10.1 Å². The molecule has 1 aliphatic rings. The van der Waals surface area contributed by atoms with Crippen LogP contribution in [-0.4, -0.2) is 31.9 Å². The SMILES string of the molecule is Cc1ccc(-c2noc(C3CC(O)(C(F)(F)F)C3)n2)cc1[N+](=O)[O-]. The van der Waals surface area contributed by atoms with E-state index in [1.807, 2.05) is 0 Å². The number of aliphatic hydroxyl groups is 1. The number of hydrogen-bond donors (Lipinski definition) is 1. The standard InChI is InChI=1S/C14H12F3N3O4/c1-7-2-3-8(4-10(7)20(22)23)11-18-12(24-19-11)9-5-13(21,6-9)14(15,16)17/h2-4,9,21H,5-6H2,1H3. The van der Waals surface area contributed by atoms with E-state index in [1.165, 1.54) is 12.1 Å². The Hall–Kier alpha value is -2.49. The van der Waals surface area contributed by atoms with E-state index >= 15 is 0 Å². The highest BCUT2D eigenvalue weighted by Crippen LogP contribution is 2.52. The summed E-state index contributed by atoms with van der Waals surface area (Å²) in [5.41, 5.74) is -2.06. The van der Waals surface area contributed by atoms with Crippen molar-refractivity contribution in [2.45, 2.75) is 37.5 Å². The van der Waals surface area contributed by atoms with Gasteiger partial charge in [-0.25, -0.2) is 0 Å². The van der Waals surface area contributed by atoms with Crippen LogP contribution in [0.15, 0.2) is 22.7 Å². The first-order chi connectivity index (χ1) is 11.1.